The summed E-state index contributed by atoms with van der Waals surface area (Å²) in [4.78, 5) is 36.5. The standard InChI is InChI=1S/C28H30ClN5O3/c1-20-19-24-25(26(30-20)37-2)28(36)33(34(27(24)35)23-7-4-3-5-8-23)14-6-13-31-15-17-32(18-16-31)22-11-9-21(29)10-12-22/h3-5,7-12,19H,6,13-18H2,1-2H3. The Morgan fingerprint density at radius 1 is 0.892 bits per heavy atom. The molecule has 0 atom stereocenters. The van der Waals surface area contributed by atoms with Crippen molar-refractivity contribution in [1.29, 1.82) is 0 Å². The second kappa shape index (κ2) is 10.8. The number of nitrogens with zero attached hydrogens (tertiary/aromatic N) is 5. The Balaban J connectivity index is 1.38. The first kappa shape index (κ1) is 25.0. The summed E-state index contributed by atoms with van der Waals surface area (Å²) < 4.78 is 8.42. The molecule has 0 N–H and O–H groups in total. The van der Waals surface area contributed by atoms with Crippen LogP contribution in [0.1, 0.15) is 12.1 Å². The van der Waals surface area contributed by atoms with E-state index < -0.39 is 0 Å². The monoisotopic (exact) mass is 519 g/mol. The van der Waals surface area contributed by atoms with E-state index in [1.807, 2.05) is 42.5 Å². The molecule has 2 aromatic carbocycles. The minimum Gasteiger partial charge on any atom is -0.480 e. The molecule has 0 unspecified atom stereocenters. The van der Waals surface area contributed by atoms with Crippen LogP contribution < -0.4 is 20.8 Å². The lowest BCUT2D eigenvalue weighted by atomic mass is 10.2. The molecule has 37 heavy (non-hydrogen) atoms. The number of aromatic nitrogens is 3. The molecule has 0 aliphatic carbocycles. The Morgan fingerprint density at radius 3 is 2.27 bits per heavy atom. The molecule has 1 aliphatic rings. The number of ether oxygens (including phenoxy) is 1. The molecular weight excluding hydrogens is 490 g/mol. The number of hydrogen-bond donors (Lipinski definition) is 0. The van der Waals surface area contributed by atoms with E-state index in [4.69, 9.17) is 16.3 Å². The minimum absolute atomic E-state index is 0.185. The molecule has 0 spiro atoms. The van der Waals surface area contributed by atoms with Crippen molar-refractivity contribution in [2.45, 2.75) is 19.9 Å². The van der Waals surface area contributed by atoms with Gasteiger partial charge in [0, 0.05) is 55.7 Å². The molecule has 0 radical (unpaired) electrons. The molecule has 9 heteroatoms. The highest BCUT2D eigenvalue weighted by molar-refractivity contribution is 6.30. The third kappa shape index (κ3) is 5.12. The predicted molar refractivity (Wildman–Crippen MR) is 148 cm³/mol. The third-order valence-corrected chi connectivity index (χ3v) is 7.08. The van der Waals surface area contributed by atoms with Crippen LogP contribution in [0.25, 0.3) is 16.5 Å². The molecule has 5 rings (SSSR count). The fraction of sp³-hybridized carbons (Fsp3) is 0.321. The smallest absolute Gasteiger partial charge is 0.279 e. The Bertz CT molecular complexity index is 1510. The Hall–Kier alpha value is -3.62. The van der Waals surface area contributed by atoms with Crippen molar-refractivity contribution >= 4 is 28.1 Å². The number of aryl methyl sites for hydroxylation is 1. The molecule has 1 aliphatic heterocycles. The molecule has 1 fully saturated rings. The van der Waals surface area contributed by atoms with E-state index in [-0.39, 0.29) is 22.4 Å². The van der Waals surface area contributed by atoms with E-state index in [1.54, 1.807) is 13.0 Å². The van der Waals surface area contributed by atoms with Gasteiger partial charge in [0.1, 0.15) is 5.39 Å². The van der Waals surface area contributed by atoms with Crippen LogP contribution in [-0.4, -0.2) is 59.1 Å². The van der Waals surface area contributed by atoms with Gasteiger partial charge in [0.15, 0.2) is 0 Å². The van der Waals surface area contributed by atoms with E-state index in [0.717, 1.165) is 44.2 Å². The molecule has 0 amide bonds. The average Bonchev–Trinajstić information content (AvgIpc) is 2.92. The molecule has 2 aromatic heterocycles. The summed E-state index contributed by atoms with van der Waals surface area (Å²) in [5, 5.41) is 1.28. The number of anilines is 1. The largest absolute Gasteiger partial charge is 0.480 e. The van der Waals surface area contributed by atoms with Crippen LogP contribution in [0, 0.1) is 6.92 Å². The van der Waals surface area contributed by atoms with Crippen LogP contribution >= 0.6 is 11.6 Å². The number of piperazine rings is 1. The van der Waals surface area contributed by atoms with Crippen LogP contribution in [0.5, 0.6) is 5.88 Å². The minimum atomic E-state index is -0.282. The van der Waals surface area contributed by atoms with Crippen molar-refractivity contribution in [2.24, 2.45) is 0 Å². The zero-order valence-electron chi connectivity index (χ0n) is 21.1. The van der Waals surface area contributed by atoms with E-state index in [2.05, 4.69) is 26.9 Å². The van der Waals surface area contributed by atoms with Crippen molar-refractivity contribution in [3.8, 4) is 11.6 Å². The quantitative estimate of drug-likeness (QED) is 0.370. The van der Waals surface area contributed by atoms with Gasteiger partial charge in [-0.15, -0.1) is 0 Å². The number of fused-ring (bicyclic) bond motifs is 1. The van der Waals surface area contributed by atoms with E-state index in [9.17, 15) is 9.59 Å². The van der Waals surface area contributed by atoms with Gasteiger partial charge in [0.05, 0.1) is 18.2 Å². The second-order valence-electron chi connectivity index (χ2n) is 9.23. The summed E-state index contributed by atoms with van der Waals surface area (Å²) in [6.45, 7) is 6.71. The Labute approximate surface area is 220 Å². The zero-order chi connectivity index (χ0) is 25.9. The van der Waals surface area contributed by atoms with Gasteiger partial charge in [-0.05, 0) is 55.8 Å². The lowest BCUT2D eigenvalue weighted by molar-refractivity contribution is 0.247. The molecule has 3 heterocycles. The number of methoxy groups -OCH3 is 1. The Morgan fingerprint density at radius 2 is 1.59 bits per heavy atom. The van der Waals surface area contributed by atoms with Gasteiger partial charge in [-0.2, -0.15) is 0 Å². The first-order valence-corrected chi connectivity index (χ1v) is 12.8. The van der Waals surface area contributed by atoms with Crippen LogP contribution in [0.2, 0.25) is 5.02 Å². The van der Waals surface area contributed by atoms with Gasteiger partial charge in [0.25, 0.3) is 11.1 Å². The van der Waals surface area contributed by atoms with Crippen molar-refractivity contribution in [1.82, 2.24) is 19.2 Å². The lowest BCUT2D eigenvalue weighted by Crippen LogP contribution is -2.47. The second-order valence-corrected chi connectivity index (χ2v) is 9.67. The summed E-state index contributed by atoms with van der Waals surface area (Å²) >= 11 is 6.03. The van der Waals surface area contributed by atoms with Crippen molar-refractivity contribution < 1.29 is 4.74 Å². The van der Waals surface area contributed by atoms with Crippen LogP contribution in [0.15, 0.2) is 70.3 Å². The fourth-order valence-corrected chi connectivity index (χ4v) is 5.09. The third-order valence-electron chi connectivity index (χ3n) is 6.83. The SMILES string of the molecule is COc1nc(C)cc2c(=O)n(-c3ccccc3)n(CCCN3CCN(c4ccc(Cl)cc4)CC3)c(=O)c12. The van der Waals surface area contributed by atoms with Gasteiger partial charge < -0.3 is 9.64 Å². The summed E-state index contributed by atoms with van der Waals surface area (Å²) in [7, 11) is 1.47. The molecule has 1 saturated heterocycles. The molecule has 0 saturated carbocycles. The first-order valence-electron chi connectivity index (χ1n) is 12.5. The summed E-state index contributed by atoms with van der Waals surface area (Å²) in [5.74, 6) is 0.185. The highest BCUT2D eigenvalue weighted by Gasteiger charge is 2.21. The van der Waals surface area contributed by atoms with Crippen molar-refractivity contribution in [2.75, 3.05) is 44.7 Å². The fourth-order valence-electron chi connectivity index (χ4n) is 4.96. The Kier molecular flexibility index (Phi) is 7.30. The zero-order valence-corrected chi connectivity index (χ0v) is 21.8. The summed E-state index contributed by atoms with van der Waals surface area (Å²) in [6.07, 6.45) is 0.722. The van der Waals surface area contributed by atoms with Gasteiger partial charge in [0.2, 0.25) is 5.88 Å². The molecular formula is C28H30ClN5O3. The lowest BCUT2D eigenvalue weighted by Gasteiger charge is -2.36. The topological polar surface area (TPSA) is 72.6 Å². The predicted octanol–water partition coefficient (Wildman–Crippen LogP) is 3.73. The van der Waals surface area contributed by atoms with Crippen molar-refractivity contribution in [3.05, 3.63) is 92.1 Å². The normalized spacial score (nSPS) is 14.3. The van der Waals surface area contributed by atoms with Gasteiger partial charge in [-0.3, -0.25) is 14.5 Å². The summed E-state index contributed by atoms with van der Waals surface area (Å²) in [6, 6.07) is 18.9. The van der Waals surface area contributed by atoms with Gasteiger partial charge in [-0.1, -0.05) is 29.8 Å². The summed E-state index contributed by atoms with van der Waals surface area (Å²) in [5.41, 5.74) is 1.90. The van der Waals surface area contributed by atoms with E-state index in [1.165, 1.54) is 22.2 Å². The highest BCUT2D eigenvalue weighted by Crippen LogP contribution is 2.21. The number of para-hydroxylation sites is 1. The number of pyridine rings is 1. The molecule has 8 nitrogen and oxygen atoms in total. The maximum absolute atomic E-state index is 13.7. The maximum Gasteiger partial charge on any atom is 0.279 e. The van der Waals surface area contributed by atoms with Crippen molar-refractivity contribution in [3.63, 3.8) is 0 Å². The van der Waals surface area contributed by atoms with Gasteiger partial charge in [-0.25, -0.2) is 14.3 Å². The molecule has 192 valence electrons. The number of halogens is 1. The van der Waals surface area contributed by atoms with Crippen LogP contribution in [0.4, 0.5) is 5.69 Å². The number of benzene rings is 2. The highest BCUT2D eigenvalue weighted by atomic mass is 35.5. The average molecular weight is 520 g/mol. The number of rotatable bonds is 7. The number of hydrogen-bond acceptors (Lipinski definition) is 6. The van der Waals surface area contributed by atoms with Crippen LogP contribution in [0.3, 0.4) is 0 Å². The molecule has 0 bridgehead atoms. The van der Waals surface area contributed by atoms with Gasteiger partial charge >= 0.3 is 0 Å². The van der Waals surface area contributed by atoms with E-state index in [0.29, 0.717) is 23.3 Å². The molecule has 4 aromatic rings. The van der Waals surface area contributed by atoms with E-state index >= 15 is 0 Å². The van der Waals surface area contributed by atoms with Crippen LogP contribution in [-0.2, 0) is 6.54 Å². The maximum atomic E-state index is 13.7. The first-order chi connectivity index (χ1) is 18.0.